The molecule has 3 amide bonds. The van der Waals surface area contributed by atoms with Crippen LogP contribution in [0.5, 0.6) is 5.75 Å². The maximum absolute atomic E-state index is 15.6. The number of amides is 3. The molecule has 6 aromatic rings. The lowest BCUT2D eigenvalue weighted by molar-refractivity contribution is -0.150. The lowest BCUT2D eigenvalue weighted by atomic mass is 9.82. The molecule has 6 aromatic carbocycles. The zero-order valence-corrected chi connectivity index (χ0v) is 35.4. The lowest BCUT2D eigenvalue weighted by Gasteiger charge is -2.37. The molecule has 0 aliphatic carbocycles. The average molecular weight is 816 g/mol. The van der Waals surface area contributed by atoms with Crippen molar-refractivity contribution in [2.45, 2.75) is 56.8 Å². The van der Waals surface area contributed by atoms with Crippen molar-refractivity contribution in [3.05, 3.63) is 162 Å². The Hall–Kier alpha value is -6.07. The van der Waals surface area contributed by atoms with Crippen LogP contribution in [-0.4, -0.2) is 62.2 Å². The summed E-state index contributed by atoms with van der Waals surface area (Å²) in [4.78, 5) is 49.8. The van der Waals surface area contributed by atoms with Gasteiger partial charge >= 0.3 is 0 Å². The van der Waals surface area contributed by atoms with E-state index in [0.29, 0.717) is 29.9 Å². The minimum Gasteiger partial charge on any atom is -0.497 e. The van der Waals surface area contributed by atoms with E-state index in [9.17, 15) is 14.7 Å². The Bertz CT molecular complexity index is 2600. The van der Waals surface area contributed by atoms with Gasteiger partial charge in [-0.1, -0.05) is 122 Å². The molecule has 3 aliphatic rings. The first-order valence-corrected chi connectivity index (χ1v) is 23.8. The Morgan fingerprint density at radius 2 is 1.52 bits per heavy atom. The Morgan fingerprint density at radius 1 is 0.833 bits per heavy atom. The third-order valence-corrected chi connectivity index (χ3v) is 17.5. The van der Waals surface area contributed by atoms with Crippen LogP contribution in [0.15, 0.2) is 140 Å². The number of aliphatic hydroxyl groups excluding tert-OH is 1. The second-order valence-corrected chi connectivity index (χ2v) is 21.5. The highest BCUT2D eigenvalue weighted by atomic mass is 28.3. The fourth-order valence-corrected chi connectivity index (χ4v) is 14.3. The second kappa shape index (κ2) is 15.5. The number of carbonyl (C=O) groups is 3. The van der Waals surface area contributed by atoms with Crippen molar-refractivity contribution in [2.75, 3.05) is 30.1 Å². The maximum Gasteiger partial charge on any atom is 0.264 e. The van der Waals surface area contributed by atoms with Gasteiger partial charge in [0.1, 0.15) is 5.75 Å². The van der Waals surface area contributed by atoms with E-state index < -0.39 is 19.8 Å². The van der Waals surface area contributed by atoms with Crippen LogP contribution in [0.4, 0.5) is 17.1 Å². The van der Waals surface area contributed by atoms with Crippen molar-refractivity contribution >= 4 is 58.8 Å². The molecule has 60 heavy (non-hydrogen) atoms. The van der Waals surface area contributed by atoms with Crippen LogP contribution in [0.25, 0.3) is 10.8 Å². The molecule has 0 saturated carbocycles. The Morgan fingerprint density at radius 3 is 2.20 bits per heavy atom. The highest BCUT2D eigenvalue weighted by Crippen LogP contribution is 2.61. The number of methoxy groups -OCH3 is 1. The van der Waals surface area contributed by atoms with Crippen LogP contribution in [-0.2, 0) is 33.0 Å². The molecule has 1 spiro atoms. The van der Waals surface area contributed by atoms with Crippen molar-refractivity contribution < 1.29 is 29.0 Å². The van der Waals surface area contributed by atoms with Crippen LogP contribution in [0.2, 0.25) is 18.6 Å². The second-order valence-electron chi connectivity index (χ2n) is 16.8. The molecule has 9 nitrogen and oxygen atoms in total. The standard InChI is InChI=1S/C50H49N3O6Si/c1-33-47(60(3,4)39-24-22-38(58-2)23-25-39)44(30-45(55)51(27-28-54)31-34-13-7-5-8-14-34)59-50(33)41-29-37(21-26-42(41)52(49(50)57)32-35-15-9-6-10-16-35)53-43-20-12-18-36-17-11-19-40(46(36)43)48(53)56/h5-26,29,33,44,47,54H,27-28,30-32H2,1-4H3/t33-,44+,47-,50+/m1/s1. The Kier molecular flexibility index (Phi) is 10.2. The van der Waals surface area contributed by atoms with Crippen LogP contribution in [0, 0.1) is 5.92 Å². The molecule has 4 atom stereocenters. The molecule has 1 saturated heterocycles. The Balaban J connectivity index is 1.18. The summed E-state index contributed by atoms with van der Waals surface area (Å²) in [6.07, 6.45) is -0.615. The molecular weight excluding hydrogens is 767 g/mol. The number of aliphatic hydroxyl groups is 1. The van der Waals surface area contributed by atoms with Crippen molar-refractivity contribution in [3.8, 4) is 5.75 Å². The number of hydrogen-bond acceptors (Lipinski definition) is 6. The zero-order valence-electron chi connectivity index (χ0n) is 34.4. The van der Waals surface area contributed by atoms with Crippen LogP contribution >= 0.6 is 0 Å². The predicted molar refractivity (Wildman–Crippen MR) is 238 cm³/mol. The van der Waals surface area contributed by atoms with Gasteiger partial charge in [-0.15, -0.1) is 0 Å². The number of nitrogens with zero attached hydrogens (tertiary/aromatic N) is 3. The molecule has 9 rings (SSSR count). The number of hydrogen-bond donors (Lipinski definition) is 1. The monoisotopic (exact) mass is 815 g/mol. The average Bonchev–Trinajstić information content (AvgIpc) is 3.82. The molecule has 0 bridgehead atoms. The minimum absolute atomic E-state index is 0.0269. The SMILES string of the molecule is COc1ccc([Si](C)(C)[C@H]2[C@H](CC(=O)N(CCO)Cc3ccccc3)O[C@@]3(C(=O)N(Cc4ccccc4)c4ccc(N5C(=O)c6cccc7cccc5c67)cc43)[C@@H]2C)cc1. The van der Waals surface area contributed by atoms with E-state index in [4.69, 9.17) is 9.47 Å². The maximum atomic E-state index is 15.6. The molecule has 1 N–H and O–H groups in total. The summed E-state index contributed by atoms with van der Waals surface area (Å²) in [6, 6.07) is 45.4. The summed E-state index contributed by atoms with van der Waals surface area (Å²) < 4.78 is 12.9. The fraction of sp³-hybridized carbons (Fsp3) is 0.260. The molecule has 3 heterocycles. The largest absolute Gasteiger partial charge is 0.497 e. The highest BCUT2D eigenvalue weighted by molar-refractivity contribution is 6.91. The van der Waals surface area contributed by atoms with Gasteiger partial charge in [-0.2, -0.15) is 0 Å². The summed E-state index contributed by atoms with van der Waals surface area (Å²) in [5.74, 6) is -0.0858. The zero-order chi connectivity index (χ0) is 41.8. The van der Waals surface area contributed by atoms with E-state index >= 15 is 4.79 Å². The summed E-state index contributed by atoms with van der Waals surface area (Å²) in [6.45, 7) is 7.35. The van der Waals surface area contributed by atoms with Crippen molar-refractivity contribution in [2.24, 2.45) is 5.92 Å². The summed E-state index contributed by atoms with van der Waals surface area (Å²) >= 11 is 0. The predicted octanol–water partition coefficient (Wildman–Crippen LogP) is 8.31. The number of benzene rings is 6. The lowest BCUT2D eigenvalue weighted by Crippen LogP contribution is -2.52. The summed E-state index contributed by atoms with van der Waals surface area (Å²) in [5.41, 5.74) is 3.76. The highest BCUT2D eigenvalue weighted by Gasteiger charge is 2.66. The van der Waals surface area contributed by atoms with E-state index in [1.54, 1.807) is 16.9 Å². The third kappa shape index (κ3) is 6.41. The van der Waals surface area contributed by atoms with E-state index in [-0.39, 0.29) is 48.8 Å². The van der Waals surface area contributed by atoms with Crippen LogP contribution in [0.3, 0.4) is 0 Å². The van der Waals surface area contributed by atoms with Gasteiger partial charge in [0.05, 0.1) is 57.8 Å². The molecule has 0 radical (unpaired) electrons. The van der Waals surface area contributed by atoms with E-state index in [1.165, 1.54) is 0 Å². The first-order valence-electron chi connectivity index (χ1n) is 20.7. The van der Waals surface area contributed by atoms with Crippen molar-refractivity contribution in [1.29, 1.82) is 0 Å². The van der Waals surface area contributed by atoms with E-state index in [1.807, 2.05) is 132 Å². The van der Waals surface area contributed by atoms with E-state index in [0.717, 1.165) is 44.2 Å². The van der Waals surface area contributed by atoms with Crippen LogP contribution in [0.1, 0.15) is 40.4 Å². The molecule has 0 aromatic heterocycles. The topological polar surface area (TPSA) is 99.6 Å². The van der Waals surface area contributed by atoms with Gasteiger partial charge in [0.25, 0.3) is 11.8 Å². The number of anilines is 3. The van der Waals surface area contributed by atoms with Gasteiger partial charge < -0.3 is 24.4 Å². The first-order chi connectivity index (χ1) is 29.1. The van der Waals surface area contributed by atoms with Gasteiger partial charge in [-0.3, -0.25) is 19.3 Å². The first kappa shape index (κ1) is 39.4. The summed E-state index contributed by atoms with van der Waals surface area (Å²) in [7, 11) is -0.955. The fourth-order valence-electron chi connectivity index (χ4n) is 10.3. The van der Waals surface area contributed by atoms with Gasteiger partial charge in [-0.05, 0) is 64.5 Å². The summed E-state index contributed by atoms with van der Waals surface area (Å²) in [5, 5.41) is 13.2. The quantitative estimate of drug-likeness (QED) is 0.125. The minimum atomic E-state index is -2.60. The molecule has 304 valence electrons. The normalized spacial score (nSPS) is 20.6. The smallest absolute Gasteiger partial charge is 0.264 e. The van der Waals surface area contributed by atoms with Gasteiger partial charge in [0.2, 0.25) is 5.91 Å². The van der Waals surface area contributed by atoms with E-state index in [2.05, 4.69) is 32.2 Å². The number of fused-ring (bicyclic) bond motifs is 2. The molecule has 10 heteroatoms. The number of ether oxygens (including phenoxy) is 2. The molecular formula is C50H49N3O6Si. The number of rotatable bonds is 12. The van der Waals surface area contributed by atoms with Gasteiger partial charge in [-0.25, -0.2) is 0 Å². The number of carbonyl (C=O) groups excluding carboxylic acids is 3. The van der Waals surface area contributed by atoms with Crippen LogP contribution < -0.4 is 19.7 Å². The van der Waals surface area contributed by atoms with Crippen molar-refractivity contribution in [1.82, 2.24) is 4.90 Å². The van der Waals surface area contributed by atoms with Crippen molar-refractivity contribution in [3.63, 3.8) is 0 Å². The Labute approximate surface area is 351 Å². The van der Waals surface area contributed by atoms with Gasteiger partial charge in [0.15, 0.2) is 5.60 Å². The molecule has 0 unspecified atom stereocenters. The molecule has 1 fully saturated rings. The molecule has 3 aliphatic heterocycles. The third-order valence-electron chi connectivity index (χ3n) is 13.1. The van der Waals surface area contributed by atoms with Gasteiger partial charge in [0, 0.05) is 35.6 Å².